The van der Waals surface area contributed by atoms with E-state index in [1.165, 1.54) is 11.3 Å². The molecule has 0 bridgehead atoms. The maximum atomic E-state index is 12.1. The van der Waals surface area contributed by atoms with Crippen LogP contribution in [0.15, 0.2) is 12.1 Å². The highest BCUT2D eigenvalue weighted by Gasteiger charge is 2.29. The Balaban J connectivity index is 1.50. The topological polar surface area (TPSA) is 119 Å². The van der Waals surface area contributed by atoms with Crippen molar-refractivity contribution in [2.24, 2.45) is 5.92 Å². The van der Waals surface area contributed by atoms with Gasteiger partial charge in [-0.3, -0.25) is 14.9 Å². The molecule has 30 heavy (non-hydrogen) atoms. The zero-order valence-electron chi connectivity index (χ0n) is 17.6. The lowest BCUT2D eigenvalue weighted by molar-refractivity contribution is -0.126. The Morgan fingerprint density at radius 3 is 2.70 bits per heavy atom. The summed E-state index contributed by atoms with van der Waals surface area (Å²) < 4.78 is 5.30. The van der Waals surface area contributed by atoms with Gasteiger partial charge in [0.1, 0.15) is 11.1 Å². The SMILES string of the molecule is CCOC(C)C(=O)Nc1nnc([C@H]2CC[C@@H](Cc3ccc(NC(=O)CC)nn3)C2)s1. The maximum absolute atomic E-state index is 12.1. The van der Waals surface area contributed by atoms with Gasteiger partial charge < -0.3 is 10.1 Å². The van der Waals surface area contributed by atoms with Crippen LogP contribution in [0.3, 0.4) is 0 Å². The zero-order valence-corrected chi connectivity index (χ0v) is 18.4. The summed E-state index contributed by atoms with van der Waals surface area (Å²) in [6.07, 6.45) is 3.88. The fourth-order valence-corrected chi connectivity index (χ4v) is 4.42. The standard InChI is InChI=1S/C20H28N6O3S/c1-4-17(27)21-16-9-8-15(23-24-16)11-13-6-7-14(10-13)19-25-26-20(30-19)22-18(28)12(3)29-5-2/h8-9,12-14H,4-7,10-11H2,1-3H3,(H,21,24,27)(H,22,26,28)/t12?,13-,14+/m1/s1. The Hall–Kier alpha value is -2.46. The van der Waals surface area contributed by atoms with Crippen LogP contribution in [0.4, 0.5) is 10.9 Å². The molecular formula is C20H28N6O3S. The fourth-order valence-electron chi connectivity index (χ4n) is 3.53. The monoisotopic (exact) mass is 432 g/mol. The first-order chi connectivity index (χ1) is 14.5. The van der Waals surface area contributed by atoms with Crippen molar-refractivity contribution in [1.82, 2.24) is 20.4 Å². The van der Waals surface area contributed by atoms with Crippen LogP contribution in [0.2, 0.25) is 0 Å². The molecule has 1 aliphatic carbocycles. The number of hydrogen-bond donors (Lipinski definition) is 2. The predicted octanol–water partition coefficient (Wildman–Crippen LogP) is 3.17. The van der Waals surface area contributed by atoms with Crippen LogP contribution >= 0.6 is 11.3 Å². The van der Waals surface area contributed by atoms with Crippen molar-refractivity contribution in [1.29, 1.82) is 0 Å². The van der Waals surface area contributed by atoms with Gasteiger partial charge in [0.15, 0.2) is 5.82 Å². The van der Waals surface area contributed by atoms with E-state index in [0.29, 0.717) is 35.8 Å². The maximum Gasteiger partial charge on any atom is 0.255 e. The summed E-state index contributed by atoms with van der Waals surface area (Å²) in [4.78, 5) is 23.5. The molecule has 2 aromatic rings. The first kappa shape index (κ1) is 22.2. The third-order valence-corrected chi connectivity index (χ3v) is 6.15. The van der Waals surface area contributed by atoms with Crippen molar-refractivity contribution < 1.29 is 14.3 Å². The molecule has 9 nitrogen and oxygen atoms in total. The second-order valence-electron chi connectivity index (χ2n) is 7.42. The van der Waals surface area contributed by atoms with E-state index in [9.17, 15) is 9.59 Å². The minimum Gasteiger partial charge on any atom is -0.369 e. The van der Waals surface area contributed by atoms with Gasteiger partial charge in [-0.15, -0.1) is 15.3 Å². The number of carbonyl (C=O) groups excluding carboxylic acids is 2. The minimum absolute atomic E-state index is 0.0735. The van der Waals surface area contributed by atoms with Crippen molar-refractivity contribution in [3.63, 3.8) is 0 Å². The predicted molar refractivity (Wildman–Crippen MR) is 114 cm³/mol. The largest absolute Gasteiger partial charge is 0.369 e. The first-order valence-corrected chi connectivity index (χ1v) is 11.2. The van der Waals surface area contributed by atoms with Gasteiger partial charge in [-0.05, 0) is 57.6 Å². The van der Waals surface area contributed by atoms with E-state index in [-0.39, 0.29) is 11.8 Å². The Morgan fingerprint density at radius 1 is 1.17 bits per heavy atom. The van der Waals surface area contributed by atoms with Gasteiger partial charge in [-0.2, -0.15) is 5.10 Å². The van der Waals surface area contributed by atoms with Crippen LogP contribution in [0.5, 0.6) is 0 Å². The fraction of sp³-hybridized carbons (Fsp3) is 0.600. The van der Waals surface area contributed by atoms with Gasteiger partial charge in [-0.25, -0.2) is 0 Å². The molecule has 2 heterocycles. The molecule has 0 saturated heterocycles. The van der Waals surface area contributed by atoms with E-state index < -0.39 is 6.10 Å². The average Bonchev–Trinajstić information content (AvgIpc) is 3.39. The highest BCUT2D eigenvalue weighted by atomic mass is 32.1. The summed E-state index contributed by atoms with van der Waals surface area (Å²) in [6, 6.07) is 3.72. The third-order valence-electron chi connectivity index (χ3n) is 5.15. The molecule has 1 aliphatic rings. The minimum atomic E-state index is -0.513. The number of amides is 2. The Kier molecular flexibility index (Phi) is 7.81. The van der Waals surface area contributed by atoms with E-state index >= 15 is 0 Å². The lowest BCUT2D eigenvalue weighted by Crippen LogP contribution is -2.27. The lowest BCUT2D eigenvalue weighted by Gasteiger charge is -2.10. The highest BCUT2D eigenvalue weighted by Crippen LogP contribution is 2.41. The molecule has 2 aromatic heterocycles. The number of anilines is 2. The van der Waals surface area contributed by atoms with Gasteiger partial charge in [0, 0.05) is 18.9 Å². The van der Waals surface area contributed by atoms with Gasteiger partial charge in [0.25, 0.3) is 5.91 Å². The Labute approximate surface area is 180 Å². The molecule has 0 radical (unpaired) electrons. The van der Waals surface area contributed by atoms with E-state index in [1.54, 1.807) is 19.9 Å². The van der Waals surface area contributed by atoms with Crippen LogP contribution in [0, 0.1) is 5.92 Å². The molecule has 3 rings (SSSR count). The van der Waals surface area contributed by atoms with Crippen LogP contribution in [-0.2, 0) is 20.7 Å². The summed E-state index contributed by atoms with van der Waals surface area (Å²) in [6.45, 7) is 5.85. The summed E-state index contributed by atoms with van der Waals surface area (Å²) in [5.41, 5.74) is 0.922. The van der Waals surface area contributed by atoms with E-state index in [4.69, 9.17) is 4.74 Å². The van der Waals surface area contributed by atoms with Crippen molar-refractivity contribution >= 4 is 34.1 Å². The number of aromatic nitrogens is 4. The second kappa shape index (κ2) is 10.5. The van der Waals surface area contributed by atoms with Crippen molar-refractivity contribution in [3.8, 4) is 0 Å². The molecule has 2 amide bonds. The van der Waals surface area contributed by atoms with Crippen LogP contribution in [0.1, 0.15) is 63.1 Å². The van der Waals surface area contributed by atoms with Gasteiger partial charge in [0.2, 0.25) is 11.0 Å². The summed E-state index contributed by atoms with van der Waals surface area (Å²) >= 11 is 1.43. The Bertz CT molecular complexity index is 856. The third kappa shape index (κ3) is 6.02. The first-order valence-electron chi connectivity index (χ1n) is 10.4. The number of nitrogens with zero attached hydrogens (tertiary/aromatic N) is 4. The Morgan fingerprint density at radius 2 is 2.00 bits per heavy atom. The van der Waals surface area contributed by atoms with Crippen LogP contribution in [-0.4, -0.2) is 44.9 Å². The van der Waals surface area contributed by atoms with E-state index in [2.05, 4.69) is 31.0 Å². The molecule has 1 fully saturated rings. The second-order valence-corrected chi connectivity index (χ2v) is 8.43. The van der Waals surface area contributed by atoms with Crippen molar-refractivity contribution in [2.75, 3.05) is 17.2 Å². The van der Waals surface area contributed by atoms with Crippen molar-refractivity contribution in [2.45, 2.75) is 64.9 Å². The normalized spacial score (nSPS) is 19.4. The average molecular weight is 433 g/mol. The van der Waals surface area contributed by atoms with Crippen LogP contribution in [0.25, 0.3) is 0 Å². The summed E-state index contributed by atoms with van der Waals surface area (Å²) in [5, 5.41) is 23.7. The van der Waals surface area contributed by atoms with E-state index in [1.807, 2.05) is 13.0 Å². The summed E-state index contributed by atoms with van der Waals surface area (Å²) in [7, 11) is 0. The molecule has 162 valence electrons. The van der Waals surface area contributed by atoms with Crippen LogP contribution < -0.4 is 10.6 Å². The highest BCUT2D eigenvalue weighted by molar-refractivity contribution is 7.15. The molecule has 0 aliphatic heterocycles. The molecular weight excluding hydrogens is 404 g/mol. The van der Waals surface area contributed by atoms with E-state index in [0.717, 1.165) is 36.4 Å². The van der Waals surface area contributed by atoms with Gasteiger partial charge >= 0.3 is 0 Å². The number of hydrogen-bond acceptors (Lipinski definition) is 8. The summed E-state index contributed by atoms with van der Waals surface area (Å²) in [5.74, 6) is 1.05. The molecule has 3 atom stereocenters. The number of carbonyl (C=O) groups is 2. The molecule has 2 N–H and O–H groups in total. The number of rotatable bonds is 9. The molecule has 0 aromatic carbocycles. The number of nitrogens with one attached hydrogen (secondary N) is 2. The quantitative estimate of drug-likeness (QED) is 0.624. The zero-order chi connectivity index (χ0) is 21.5. The molecule has 10 heteroatoms. The smallest absolute Gasteiger partial charge is 0.255 e. The van der Waals surface area contributed by atoms with Gasteiger partial charge in [-0.1, -0.05) is 18.3 Å². The molecule has 1 saturated carbocycles. The van der Waals surface area contributed by atoms with Gasteiger partial charge in [0.05, 0.1) is 5.69 Å². The lowest BCUT2D eigenvalue weighted by atomic mass is 10.00. The van der Waals surface area contributed by atoms with Crippen molar-refractivity contribution in [3.05, 3.63) is 22.8 Å². The number of ether oxygens (including phenoxy) is 1. The molecule has 0 spiro atoms. The molecule has 1 unspecified atom stereocenters.